The molecule has 0 saturated heterocycles. The minimum Gasteiger partial charge on any atom is -0.497 e. The Kier molecular flexibility index (Phi) is 9.10. The van der Waals surface area contributed by atoms with Gasteiger partial charge in [-0.1, -0.05) is 25.2 Å². The van der Waals surface area contributed by atoms with Crippen LogP contribution in [0.15, 0.2) is 42.5 Å². The molecule has 168 valence electrons. The summed E-state index contributed by atoms with van der Waals surface area (Å²) in [5.74, 6) is 0.734. The summed E-state index contributed by atoms with van der Waals surface area (Å²) >= 11 is 1.53. The van der Waals surface area contributed by atoms with Gasteiger partial charge in [-0.2, -0.15) is 0 Å². The maximum Gasteiger partial charge on any atom is 0.260 e. The lowest BCUT2D eigenvalue weighted by Crippen LogP contribution is -2.38. The Morgan fingerprint density at radius 1 is 1.03 bits per heavy atom. The van der Waals surface area contributed by atoms with E-state index in [4.69, 9.17) is 9.72 Å². The molecule has 0 aliphatic carbocycles. The van der Waals surface area contributed by atoms with Crippen LogP contribution < -0.4 is 14.5 Å². The SMILES string of the molecule is CCN(CC)CCN(C(=O)c1ccc(N(C)C)cc1)c1nc2cc(OC)ccc2s1.Cl. The fourth-order valence-electron chi connectivity index (χ4n) is 3.26. The second-order valence-corrected chi connectivity index (χ2v) is 8.26. The number of hydrogen-bond acceptors (Lipinski definition) is 6. The molecular formula is C23H31ClN4O2S. The Labute approximate surface area is 194 Å². The predicted octanol–water partition coefficient (Wildman–Crippen LogP) is 4.78. The Balaban J connectivity index is 0.00000341. The minimum atomic E-state index is -0.0292. The number of rotatable bonds is 9. The van der Waals surface area contributed by atoms with Gasteiger partial charge in [0.2, 0.25) is 0 Å². The molecule has 0 bridgehead atoms. The van der Waals surface area contributed by atoms with Crippen LogP contribution in [0.2, 0.25) is 0 Å². The Bertz CT molecular complexity index is 987. The van der Waals surface area contributed by atoms with Crippen LogP contribution in [0, 0.1) is 0 Å². The third-order valence-electron chi connectivity index (χ3n) is 5.22. The van der Waals surface area contributed by atoms with Gasteiger partial charge in [0.1, 0.15) is 5.75 Å². The van der Waals surface area contributed by atoms with E-state index in [9.17, 15) is 4.79 Å². The first-order valence-corrected chi connectivity index (χ1v) is 11.0. The standard InChI is InChI=1S/C23H30N4O2S.ClH/c1-6-26(7-2)14-15-27(22(28)17-8-10-18(11-9-17)25(3)4)23-24-20-16-19(29-5)12-13-21(20)30-23;/h8-13,16H,6-7,14-15H2,1-5H3;1H. The molecule has 2 aromatic carbocycles. The van der Waals surface area contributed by atoms with E-state index in [0.717, 1.165) is 41.3 Å². The number of benzene rings is 2. The number of hydrogen-bond donors (Lipinski definition) is 0. The average molecular weight is 463 g/mol. The van der Waals surface area contributed by atoms with Crippen LogP contribution >= 0.6 is 23.7 Å². The van der Waals surface area contributed by atoms with Crippen molar-refractivity contribution in [2.45, 2.75) is 13.8 Å². The van der Waals surface area contributed by atoms with Gasteiger partial charge in [-0.05, 0) is 49.5 Å². The first-order chi connectivity index (χ1) is 14.5. The van der Waals surface area contributed by atoms with Gasteiger partial charge >= 0.3 is 0 Å². The topological polar surface area (TPSA) is 48.9 Å². The van der Waals surface area contributed by atoms with Crippen LogP contribution in [0.1, 0.15) is 24.2 Å². The Hall–Kier alpha value is -2.35. The van der Waals surface area contributed by atoms with Crippen LogP contribution in [0.25, 0.3) is 10.2 Å². The number of ether oxygens (including phenoxy) is 1. The summed E-state index contributed by atoms with van der Waals surface area (Å²) in [6.45, 7) is 7.57. The normalized spacial score (nSPS) is 10.8. The lowest BCUT2D eigenvalue weighted by Gasteiger charge is -2.25. The highest BCUT2D eigenvalue weighted by molar-refractivity contribution is 7.22. The molecule has 0 aliphatic heterocycles. The highest BCUT2D eigenvalue weighted by Gasteiger charge is 2.22. The molecule has 1 amide bonds. The van der Waals surface area contributed by atoms with E-state index in [1.165, 1.54) is 11.3 Å². The monoisotopic (exact) mass is 462 g/mol. The van der Waals surface area contributed by atoms with Gasteiger partial charge in [0, 0.05) is 44.5 Å². The number of nitrogens with zero attached hydrogens (tertiary/aromatic N) is 4. The van der Waals surface area contributed by atoms with E-state index in [0.29, 0.717) is 17.2 Å². The van der Waals surface area contributed by atoms with Crippen LogP contribution in [0.4, 0.5) is 10.8 Å². The zero-order valence-corrected chi connectivity index (χ0v) is 20.4. The van der Waals surface area contributed by atoms with Crippen molar-refractivity contribution >= 4 is 50.7 Å². The molecule has 6 nitrogen and oxygen atoms in total. The summed E-state index contributed by atoms with van der Waals surface area (Å²) in [7, 11) is 5.62. The van der Waals surface area contributed by atoms with E-state index < -0.39 is 0 Å². The van der Waals surface area contributed by atoms with Gasteiger partial charge in [0.25, 0.3) is 5.91 Å². The number of likely N-dealkylation sites (N-methyl/N-ethyl adjacent to an activating group) is 1. The van der Waals surface area contributed by atoms with E-state index >= 15 is 0 Å². The van der Waals surface area contributed by atoms with Crippen LogP contribution in [-0.2, 0) is 0 Å². The average Bonchev–Trinajstić information content (AvgIpc) is 3.19. The van der Waals surface area contributed by atoms with Gasteiger partial charge in [-0.3, -0.25) is 9.69 Å². The molecule has 1 heterocycles. The summed E-state index contributed by atoms with van der Waals surface area (Å²) < 4.78 is 6.36. The molecule has 0 saturated carbocycles. The van der Waals surface area contributed by atoms with Crippen molar-refractivity contribution in [3.8, 4) is 5.75 Å². The second kappa shape index (κ2) is 11.3. The Morgan fingerprint density at radius 2 is 1.71 bits per heavy atom. The summed E-state index contributed by atoms with van der Waals surface area (Å²) in [4.78, 5) is 24.3. The number of aromatic nitrogens is 1. The highest BCUT2D eigenvalue weighted by atomic mass is 35.5. The molecule has 0 unspecified atom stereocenters. The third kappa shape index (κ3) is 5.87. The van der Waals surface area contributed by atoms with Crippen molar-refractivity contribution in [2.75, 3.05) is 57.2 Å². The molecule has 0 radical (unpaired) electrons. The zero-order chi connectivity index (χ0) is 21.7. The van der Waals surface area contributed by atoms with Crippen molar-refractivity contribution in [3.05, 3.63) is 48.0 Å². The summed E-state index contributed by atoms with van der Waals surface area (Å²) in [6.07, 6.45) is 0. The maximum absolute atomic E-state index is 13.5. The molecule has 3 rings (SSSR count). The van der Waals surface area contributed by atoms with Crippen molar-refractivity contribution in [1.29, 1.82) is 0 Å². The molecule has 0 aliphatic rings. The zero-order valence-electron chi connectivity index (χ0n) is 18.8. The molecule has 1 aromatic heterocycles. The van der Waals surface area contributed by atoms with Crippen molar-refractivity contribution in [3.63, 3.8) is 0 Å². The lowest BCUT2D eigenvalue weighted by molar-refractivity contribution is 0.0984. The largest absolute Gasteiger partial charge is 0.497 e. The first-order valence-electron chi connectivity index (χ1n) is 10.2. The van der Waals surface area contributed by atoms with Crippen LogP contribution in [0.5, 0.6) is 5.75 Å². The summed E-state index contributed by atoms with van der Waals surface area (Å²) in [5.41, 5.74) is 2.57. The van der Waals surface area contributed by atoms with Gasteiger partial charge in [0.15, 0.2) is 5.13 Å². The molecule has 0 N–H and O–H groups in total. The van der Waals surface area contributed by atoms with Gasteiger partial charge in [-0.25, -0.2) is 4.98 Å². The number of carbonyl (C=O) groups excluding carboxylic acids is 1. The van der Waals surface area contributed by atoms with Crippen LogP contribution in [-0.4, -0.2) is 63.2 Å². The number of methoxy groups -OCH3 is 1. The molecular weight excluding hydrogens is 432 g/mol. The predicted molar refractivity (Wildman–Crippen MR) is 134 cm³/mol. The smallest absolute Gasteiger partial charge is 0.260 e. The number of fused-ring (bicyclic) bond motifs is 1. The maximum atomic E-state index is 13.5. The van der Waals surface area contributed by atoms with Crippen molar-refractivity contribution in [2.24, 2.45) is 0 Å². The number of anilines is 2. The minimum absolute atomic E-state index is 0. The van der Waals surface area contributed by atoms with E-state index in [2.05, 4.69) is 18.7 Å². The van der Waals surface area contributed by atoms with Gasteiger partial charge in [-0.15, -0.1) is 12.4 Å². The van der Waals surface area contributed by atoms with Gasteiger partial charge < -0.3 is 14.5 Å². The lowest BCUT2D eigenvalue weighted by atomic mass is 10.1. The van der Waals surface area contributed by atoms with E-state index in [1.807, 2.05) is 61.5 Å². The van der Waals surface area contributed by atoms with Crippen molar-refractivity contribution < 1.29 is 9.53 Å². The van der Waals surface area contributed by atoms with Crippen LogP contribution in [0.3, 0.4) is 0 Å². The number of amides is 1. The Morgan fingerprint density at radius 3 is 2.29 bits per heavy atom. The first kappa shape index (κ1) is 24.9. The fraction of sp³-hybridized carbons (Fsp3) is 0.391. The van der Waals surface area contributed by atoms with Gasteiger partial charge in [0.05, 0.1) is 17.3 Å². The van der Waals surface area contributed by atoms with E-state index in [-0.39, 0.29) is 18.3 Å². The molecule has 3 aromatic rings. The van der Waals surface area contributed by atoms with Crippen molar-refractivity contribution in [1.82, 2.24) is 9.88 Å². The number of carbonyl (C=O) groups is 1. The summed E-state index contributed by atoms with van der Waals surface area (Å²) in [6, 6.07) is 13.5. The molecule has 0 fully saturated rings. The molecule has 31 heavy (non-hydrogen) atoms. The molecule has 8 heteroatoms. The van der Waals surface area contributed by atoms with E-state index in [1.54, 1.807) is 12.0 Å². The molecule has 0 atom stereocenters. The fourth-order valence-corrected chi connectivity index (χ4v) is 4.23. The highest BCUT2D eigenvalue weighted by Crippen LogP contribution is 2.32. The quantitative estimate of drug-likeness (QED) is 0.458. The summed E-state index contributed by atoms with van der Waals surface area (Å²) in [5, 5.41) is 0.715. The third-order valence-corrected chi connectivity index (χ3v) is 6.28. The number of halogens is 1. The number of thiazole rings is 1. The second-order valence-electron chi connectivity index (χ2n) is 7.26. The molecule has 0 spiro atoms.